The van der Waals surface area contributed by atoms with E-state index in [0.29, 0.717) is 16.5 Å². The normalized spacial score (nSPS) is 11.4. The highest BCUT2D eigenvalue weighted by Gasteiger charge is 2.10. The van der Waals surface area contributed by atoms with Crippen LogP contribution in [0.2, 0.25) is 5.02 Å². The number of aryl methyl sites for hydroxylation is 1. The molecule has 0 fully saturated rings. The molecule has 0 aliphatic heterocycles. The zero-order valence-corrected chi connectivity index (χ0v) is 17.9. The SMILES string of the molecule is Cc1ccc2cc(/C=N/Nc3nc(-c4ccccc4)c4cc(Cl)ccc4n3)c(=O)[nH]c2c1. The number of benzene rings is 3. The van der Waals surface area contributed by atoms with Crippen molar-refractivity contribution in [1.82, 2.24) is 15.0 Å². The number of halogens is 1. The molecule has 0 spiro atoms. The smallest absolute Gasteiger partial charge is 0.257 e. The molecule has 156 valence electrons. The quantitative estimate of drug-likeness (QED) is 0.284. The Bertz CT molecular complexity index is 1540. The molecule has 0 bridgehead atoms. The van der Waals surface area contributed by atoms with Crippen LogP contribution in [0.4, 0.5) is 5.95 Å². The van der Waals surface area contributed by atoms with Gasteiger partial charge in [0.1, 0.15) is 0 Å². The monoisotopic (exact) mass is 439 g/mol. The summed E-state index contributed by atoms with van der Waals surface area (Å²) < 4.78 is 0. The van der Waals surface area contributed by atoms with Gasteiger partial charge in [-0.3, -0.25) is 4.79 Å². The fourth-order valence-corrected chi connectivity index (χ4v) is 3.73. The van der Waals surface area contributed by atoms with Crippen LogP contribution in [0.1, 0.15) is 11.1 Å². The number of aromatic nitrogens is 3. The van der Waals surface area contributed by atoms with Gasteiger partial charge in [-0.15, -0.1) is 0 Å². The number of H-pyrrole nitrogens is 1. The summed E-state index contributed by atoms with van der Waals surface area (Å²) >= 11 is 6.21. The molecule has 2 heterocycles. The molecule has 0 aliphatic carbocycles. The van der Waals surface area contributed by atoms with Gasteiger partial charge in [0.2, 0.25) is 5.95 Å². The third-order valence-corrected chi connectivity index (χ3v) is 5.34. The zero-order valence-electron chi connectivity index (χ0n) is 17.1. The minimum Gasteiger partial charge on any atom is -0.321 e. The molecule has 0 unspecified atom stereocenters. The Morgan fingerprint density at radius 3 is 2.69 bits per heavy atom. The summed E-state index contributed by atoms with van der Waals surface area (Å²) in [7, 11) is 0. The standard InChI is InChI=1S/C25H18ClN5O/c1-15-7-8-17-12-18(24(32)28-22(17)11-15)14-27-31-25-29-21-10-9-19(26)13-20(21)23(30-25)16-5-3-2-4-6-16/h2-14H,1H3,(H,28,32)(H,29,30,31)/b27-14+. The summed E-state index contributed by atoms with van der Waals surface area (Å²) in [6.45, 7) is 1.98. The van der Waals surface area contributed by atoms with Crippen LogP contribution >= 0.6 is 11.6 Å². The number of anilines is 1. The molecule has 0 saturated carbocycles. The van der Waals surface area contributed by atoms with Gasteiger partial charge in [0.15, 0.2) is 0 Å². The number of fused-ring (bicyclic) bond motifs is 2. The maximum Gasteiger partial charge on any atom is 0.257 e. The fourth-order valence-electron chi connectivity index (χ4n) is 3.55. The van der Waals surface area contributed by atoms with Crippen LogP contribution in [0.25, 0.3) is 33.1 Å². The van der Waals surface area contributed by atoms with Gasteiger partial charge in [0, 0.05) is 21.5 Å². The van der Waals surface area contributed by atoms with Crippen molar-refractivity contribution < 1.29 is 0 Å². The number of rotatable bonds is 4. The van der Waals surface area contributed by atoms with E-state index in [0.717, 1.165) is 38.6 Å². The Labute approximate surface area is 188 Å². The molecule has 5 rings (SSSR count). The highest BCUT2D eigenvalue weighted by Crippen LogP contribution is 2.29. The van der Waals surface area contributed by atoms with E-state index in [2.05, 4.69) is 25.5 Å². The summed E-state index contributed by atoms with van der Waals surface area (Å²) in [4.78, 5) is 24.5. The van der Waals surface area contributed by atoms with Crippen molar-refractivity contribution in [3.8, 4) is 11.3 Å². The molecule has 0 aliphatic rings. The average Bonchev–Trinajstić information content (AvgIpc) is 2.80. The van der Waals surface area contributed by atoms with Crippen molar-refractivity contribution in [1.29, 1.82) is 0 Å². The Morgan fingerprint density at radius 1 is 1.00 bits per heavy atom. The van der Waals surface area contributed by atoms with Gasteiger partial charge >= 0.3 is 0 Å². The molecule has 32 heavy (non-hydrogen) atoms. The van der Waals surface area contributed by atoms with Gasteiger partial charge in [-0.2, -0.15) is 5.10 Å². The molecule has 0 atom stereocenters. The van der Waals surface area contributed by atoms with Gasteiger partial charge in [0.05, 0.1) is 23.0 Å². The Kier molecular flexibility index (Phi) is 5.13. The number of hydrogen-bond donors (Lipinski definition) is 2. The van der Waals surface area contributed by atoms with Gasteiger partial charge < -0.3 is 4.98 Å². The molecule has 3 aromatic carbocycles. The van der Waals surface area contributed by atoms with Crippen molar-refractivity contribution in [2.75, 3.05) is 5.43 Å². The third-order valence-electron chi connectivity index (χ3n) is 5.10. The highest BCUT2D eigenvalue weighted by atomic mass is 35.5. The maximum absolute atomic E-state index is 12.4. The number of nitrogens with zero attached hydrogens (tertiary/aromatic N) is 3. The van der Waals surface area contributed by atoms with Crippen molar-refractivity contribution in [3.63, 3.8) is 0 Å². The van der Waals surface area contributed by atoms with E-state index in [-0.39, 0.29) is 5.56 Å². The molecule has 2 N–H and O–H groups in total. The van der Waals surface area contributed by atoms with E-state index in [1.165, 1.54) is 6.21 Å². The van der Waals surface area contributed by atoms with E-state index >= 15 is 0 Å². The highest BCUT2D eigenvalue weighted by molar-refractivity contribution is 6.31. The molecule has 0 amide bonds. The van der Waals surface area contributed by atoms with Crippen LogP contribution in [0.15, 0.2) is 82.7 Å². The zero-order chi connectivity index (χ0) is 22.1. The van der Waals surface area contributed by atoms with E-state index in [4.69, 9.17) is 11.6 Å². The predicted octanol–water partition coefficient (Wildman–Crippen LogP) is 5.55. The van der Waals surface area contributed by atoms with Crippen LogP contribution in [0, 0.1) is 6.92 Å². The van der Waals surface area contributed by atoms with Crippen LogP contribution in [0.3, 0.4) is 0 Å². The first-order chi connectivity index (χ1) is 15.6. The lowest BCUT2D eigenvalue weighted by molar-refractivity contribution is 1.15. The Balaban J connectivity index is 1.51. The lowest BCUT2D eigenvalue weighted by Gasteiger charge is -2.09. The first kappa shape index (κ1) is 19.9. The second-order valence-electron chi connectivity index (χ2n) is 7.44. The van der Waals surface area contributed by atoms with E-state index in [1.54, 1.807) is 12.1 Å². The van der Waals surface area contributed by atoms with Gasteiger partial charge in [0.25, 0.3) is 5.56 Å². The Morgan fingerprint density at radius 2 is 1.84 bits per heavy atom. The van der Waals surface area contributed by atoms with E-state index < -0.39 is 0 Å². The predicted molar refractivity (Wildman–Crippen MR) is 131 cm³/mol. The first-order valence-corrected chi connectivity index (χ1v) is 10.4. The molecule has 5 aromatic rings. The number of hydrazone groups is 1. The number of hydrogen-bond acceptors (Lipinski definition) is 5. The number of pyridine rings is 1. The van der Waals surface area contributed by atoms with Gasteiger partial charge in [-0.05, 0) is 48.2 Å². The molecule has 7 heteroatoms. The van der Waals surface area contributed by atoms with Crippen molar-refractivity contribution in [2.45, 2.75) is 6.92 Å². The van der Waals surface area contributed by atoms with Gasteiger partial charge in [-0.1, -0.05) is 54.1 Å². The number of aromatic amines is 1. The van der Waals surface area contributed by atoms with E-state index in [9.17, 15) is 4.79 Å². The molecular formula is C25H18ClN5O. The van der Waals surface area contributed by atoms with Crippen LogP contribution < -0.4 is 11.0 Å². The fraction of sp³-hybridized carbons (Fsp3) is 0.0400. The maximum atomic E-state index is 12.4. The largest absolute Gasteiger partial charge is 0.321 e. The second-order valence-corrected chi connectivity index (χ2v) is 7.87. The lowest BCUT2D eigenvalue weighted by Crippen LogP contribution is -2.12. The molecule has 0 saturated heterocycles. The van der Waals surface area contributed by atoms with Crippen molar-refractivity contribution in [2.24, 2.45) is 5.10 Å². The topological polar surface area (TPSA) is 83.0 Å². The lowest BCUT2D eigenvalue weighted by atomic mass is 10.1. The van der Waals surface area contributed by atoms with Gasteiger partial charge in [-0.25, -0.2) is 15.4 Å². The summed E-state index contributed by atoms with van der Waals surface area (Å²) in [5, 5.41) is 6.60. The molecular weight excluding hydrogens is 422 g/mol. The minimum atomic E-state index is -0.215. The number of nitrogens with one attached hydrogen (secondary N) is 2. The Hall–Kier alpha value is -4.03. The van der Waals surface area contributed by atoms with E-state index in [1.807, 2.05) is 67.6 Å². The summed E-state index contributed by atoms with van der Waals surface area (Å²) in [6.07, 6.45) is 1.47. The van der Waals surface area contributed by atoms with Crippen molar-refractivity contribution >= 4 is 45.6 Å². The van der Waals surface area contributed by atoms with Crippen LogP contribution in [-0.2, 0) is 0 Å². The van der Waals surface area contributed by atoms with Crippen molar-refractivity contribution in [3.05, 3.63) is 99.3 Å². The second kappa shape index (κ2) is 8.24. The molecule has 2 aromatic heterocycles. The molecule has 0 radical (unpaired) electrons. The summed E-state index contributed by atoms with van der Waals surface area (Å²) in [5.41, 5.74) is 7.38. The first-order valence-electron chi connectivity index (χ1n) is 10.0. The van der Waals surface area contributed by atoms with Crippen LogP contribution in [0.5, 0.6) is 0 Å². The third kappa shape index (κ3) is 3.96. The van der Waals surface area contributed by atoms with Crippen LogP contribution in [-0.4, -0.2) is 21.2 Å². The average molecular weight is 440 g/mol. The summed E-state index contributed by atoms with van der Waals surface area (Å²) in [6, 6.07) is 23.0. The summed E-state index contributed by atoms with van der Waals surface area (Å²) in [5.74, 6) is 0.322. The minimum absolute atomic E-state index is 0.215. The molecule has 6 nitrogen and oxygen atoms in total.